The lowest BCUT2D eigenvalue weighted by molar-refractivity contribution is 1.13. The third kappa shape index (κ3) is 2.66. The topological polar surface area (TPSA) is 49.8 Å². The van der Waals surface area contributed by atoms with E-state index in [0.29, 0.717) is 11.3 Å². The predicted octanol–water partition coefficient (Wildman–Crippen LogP) is 3.60. The van der Waals surface area contributed by atoms with Gasteiger partial charge in [0.1, 0.15) is 6.07 Å². The molecule has 0 unspecified atom stereocenters. The van der Waals surface area contributed by atoms with Gasteiger partial charge in [0.2, 0.25) is 0 Å². The van der Waals surface area contributed by atoms with Crippen molar-refractivity contribution in [1.82, 2.24) is 0 Å². The van der Waals surface area contributed by atoms with E-state index in [0.717, 1.165) is 23.1 Å². The average molecular weight is 248 g/mol. The fraction of sp³-hybridized carbons (Fsp3) is 0.118. The molecule has 94 valence electrons. The molecule has 0 aliphatic heterocycles. The maximum absolute atomic E-state index is 9.39. The molecular formula is C17H16N2. The Hall–Kier alpha value is -2.53. The summed E-state index contributed by atoms with van der Waals surface area (Å²) in [4.78, 5) is 0. The quantitative estimate of drug-likeness (QED) is 0.666. The van der Waals surface area contributed by atoms with Gasteiger partial charge in [-0.05, 0) is 17.5 Å². The van der Waals surface area contributed by atoms with Gasteiger partial charge >= 0.3 is 0 Å². The van der Waals surface area contributed by atoms with Crippen molar-refractivity contribution < 1.29 is 0 Å². The second kappa shape index (κ2) is 5.88. The molecule has 0 saturated carbocycles. The molecule has 0 aliphatic rings. The number of nitrogens with zero attached hydrogens (tertiary/aromatic N) is 1. The number of aryl methyl sites for hydroxylation is 1. The first-order valence-electron chi connectivity index (χ1n) is 6.31. The third-order valence-corrected chi connectivity index (χ3v) is 3.13. The molecule has 0 atom stereocenters. The Bertz CT molecular complexity index is 634. The molecule has 2 aromatic carbocycles. The highest BCUT2D eigenvalue weighted by Crippen LogP contribution is 2.24. The number of hydrogen-bond donors (Lipinski definition) is 1. The summed E-state index contributed by atoms with van der Waals surface area (Å²) in [6.45, 7) is 2.08. The Morgan fingerprint density at radius 3 is 2.32 bits per heavy atom. The van der Waals surface area contributed by atoms with Gasteiger partial charge in [0.15, 0.2) is 0 Å². The highest BCUT2D eigenvalue weighted by atomic mass is 14.6. The second-order valence-electron chi connectivity index (χ2n) is 4.28. The Labute approximate surface area is 113 Å². The number of hydrogen-bond acceptors (Lipinski definition) is 2. The van der Waals surface area contributed by atoms with E-state index in [4.69, 9.17) is 5.73 Å². The van der Waals surface area contributed by atoms with E-state index in [1.807, 2.05) is 54.6 Å². The van der Waals surface area contributed by atoms with Gasteiger partial charge in [-0.15, -0.1) is 0 Å². The Kier molecular flexibility index (Phi) is 4.00. The molecule has 2 heteroatoms. The van der Waals surface area contributed by atoms with E-state index in [9.17, 15) is 5.26 Å². The van der Waals surface area contributed by atoms with E-state index in [2.05, 4.69) is 13.0 Å². The Balaban J connectivity index is 2.59. The summed E-state index contributed by atoms with van der Waals surface area (Å²) in [5.74, 6) is 0. The highest BCUT2D eigenvalue weighted by Gasteiger charge is 2.10. The first-order chi connectivity index (χ1) is 9.27. The molecule has 0 fully saturated rings. The summed E-state index contributed by atoms with van der Waals surface area (Å²) < 4.78 is 0. The van der Waals surface area contributed by atoms with Crippen molar-refractivity contribution in [2.24, 2.45) is 5.73 Å². The monoisotopic (exact) mass is 248 g/mol. The molecule has 0 bridgehead atoms. The highest BCUT2D eigenvalue weighted by molar-refractivity contribution is 5.96. The molecule has 2 rings (SSSR count). The van der Waals surface area contributed by atoms with Gasteiger partial charge in [0.25, 0.3) is 0 Å². The van der Waals surface area contributed by atoms with E-state index < -0.39 is 0 Å². The number of allylic oxidation sites excluding steroid dienone is 1. The van der Waals surface area contributed by atoms with Crippen LogP contribution in [0.4, 0.5) is 0 Å². The summed E-state index contributed by atoms with van der Waals surface area (Å²) in [6, 6.07) is 19.7. The van der Waals surface area contributed by atoms with Gasteiger partial charge < -0.3 is 5.73 Å². The first kappa shape index (κ1) is 12.9. The molecule has 0 radical (unpaired) electrons. The summed E-state index contributed by atoms with van der Waals surface area (Å²) in [7, 11) is 0. The molecule has 0 saturated heterocycles. The van der Waals surface area contributed by atoms with Crippen LogP contribution < -0.4 is 5.73 Å². The van der Waals surface area contributed by atoms with Crippen LogP contribution in [0.25, 0.3) is 11.3 Å². The molecule has 2 nitrogen and oxygen atoms in total. The van der Waals surface area contributed by atoms with E-state index >= 15 is 0 Å². The number of rotatable bonds is 3. The summed E-state index contributed by atoms with van der Waals surface area (Å²) in [6.07, 6.45) is 0.893. The van der Waals surface area contributed by atoms with Crippen molar-refractivity contribution in [1.29, 1.82) is 5.26 Å². The zero-order chi connectivity index (χ0) is 13.7. The van der Waals surface area contributed by atoms with E-state index in [1.165, 1.54) is 0 Å². The summed E-state index contributed by atoms with van der Waals surface area (Å²) in [5.41, 5.74) is 10.3. The zero-order valence-corrected chi connectivity index (χ0v) is 10.9. The van der Waals surface area contributed by atoms with Gasteiger partial charge in [-0.3, -0.25) is 0 Å². The molecule has 2 N–H and O–H groups in total. The molecule has 0 amide bonds. The minimum Gasteiger partial charge on any atom is -0.397 e. The summed E-state index contributed by atoms with van der Waals surface area (Å²) in [5, 5.41) is 9.39. The largest absolute Gasteiger partial charge is 0.397 e. The molecular weight excluding hydrogens is 232 g/mol. The third-order valence-electron chi connectivity index (χ3n) is 3.13. The van der Waals surface area contributed by atoms with Crippen LogP contribution in [0.2, 0.25) is 0 Å². The molecule has 2 aromatic rings. The fourth-order valence-electron chi connectivity index (χ4n) is 2.11. The van der Waals surface area contributed by atoms with Crippen molar-refractivity contribution >= 4 is 11.3 Å². The lowest BCUT2D eigenvalue weighted by Gasteiger charge is -2.10. The molecule has 0 spiro atoms. The van der Waals surface area contributed by atoms with Crippen LogP contribution >= 0.6 is 0 Å². The van der Waals surface area contributed by atoms with Crippen LogP contribution in [0.1, 0.15) is 23.6 Å². The minimum absolute atomic E-state index is 0.529. The predicted molar refractivity (Wildman–Crippen MR) is 78.9 cm³/mol. The maximum Gasteiger partial charge on any atom is 0.102 e. The standard InChI is InChI=1S/C17H16N2/c1-2-13-8-6-7-11-15(13)17(19)16(12-18)14-9-4-3-5-10-14/h3-11H,2,19H2,1H3/b17-16+. The summed E-state index contributed by atoms with van der Waals surface area (Å²) >= 11 is 0. The zero-order valence-electron chi connectivity index (χ0n) is 10.9. The van der Waals surface area contributed by atoms with Gasteiger partial charge in [-0.1, -0.05) is 61.5 Å². The Morgan fingerprint density at radius 2 is 1.68 bits per heavy atom. The van der Waals surface area contributed by atoms with Crippen LogP contribution in [0.15, 0.2) is 54.6 Å². The normalized spacial score (nSPS) is 11.6. The van der Waals surface area contributed by atoms with Crippen LogP contribution in [0, 0.1) is 11.3 Å². The Morgan fingerprint density at radius 1 is 1.05 bits per heavy atom. The van der Waals surface area contributed by atoms with E-state index in [1.54, 1.807) is 0 Å². The smallest absolute Gasteiger partial charge is 0.102 e. The second-order valence-corrected chi connectivity index (χ2v) is 4.28. The van der Waals surface area contributed by atoms with Crippen molar-refractivity contribution in [2.45, 2.75) is 13.3 Å². The van der Waals surface area contributed by atoms with Crippen molar-refractivity contribution in [3.63, 3.8) is 0 Å². The van der Waals surface area contributed by atoms with Crippen LogP contribution in [0.3, 0.4) is 0 Å². The van der Waals surface area contributed by atoms with Crippen LogP contribution in [0.5, 0.6) is 0 Å². The van der Waals surface area contributed by atoms with Gasteiger partial charge in [-0.2, -0.15) is 5.26 Å². The molecule has 0 aromatic heterocycles. The van der Waals surface area contributed by atoms with Crippen molar-refractivity contribution in [3.8, 4) is 6.07 Å². The average Bonchev–Trinajstić information content (AvgIpc) is 2.49. The number of nitrogens with two attached hydrogens (primary N) is 1. The van der Waals surface area contributed by atoms with Crippen molar-refractivity contribution in [2.75, 3.05) is 0 Å². The van der Waals surface area contributed by atoms with Crippen LogP contribution in [-0.2, 0) is 6.42 Å². The number of nitriles is 1. The number of benzene rings is 2. The van der Waals surface area contributed by atoms with E-state index in [-0.39, 0.29) is 0 Å². The first-order valence-corrected chi connectivity index (χ1v) is 6.31. The van der Waals surface area contributed by atoms with Crippen LogP contribution in [-0.4, -0.2) is 0 Å². The molecule has 0 aliphatic carbocycles. The van der Waals surface area contributed by atoms with Gasteiger partial charge in [-0.25, -0.2) is 0 Å². The van der Waals surface area contributed by atoms with Crippen molar-refractivity contribution in [3.05, 3.63) is 71.3 Å². The molecule has 19 heavy (non-hydrogen) atoms. The molecule has 0 heterocycles. The lowest BCUT2D eigenvalue weighted by atomic mass is 9.96. The van der Waals surface area contributed by atoms with Gasteiger partial charge in [0.05, 0.1) is 11.3 Å². The minimum atomic E-state index is 0.529. The van der Waals surface area contributed by atoms with Gasteiger partial charge in [0, 0.05) is 5.56 Å². The maximum atomic E-state index is 9.39. The lowest BCUT2D eigenvalue weighted by Crippen LogP contribution is -2.03. The SMILES string of the molecule is CCc1ccccc1/C(N)=C(/C#N)c1ccccc1. The fourth-order valence-corrected chi connectivity index (χ4v) is 2.11.